The van der Waals surface area contributed by atoms with Crippen LogP contribution >= 0.6 is 38.9 Å². The Kier molecular flexibility index (Phi) is 4.62. The summed E-state index contributed by atoms with van der Waals surface area (Å²) in [6.45, 7) is 1.55. The van der Waals surface area contributed by atoms with Crippen molar-refractivity contribution in [3.8, 4) is 0 Å². The van der Waals surface area contributed by atoms with Gasteiger partial charge in [-0.15, -0.1) is 11.3 Å². The summed E-state index contributed by atoms with van der Waals surface area (Å²) in [5.41, 5.74) is 0.613. The Morgan fingerprint density at radius 1 is 1.38 bits per heavy atom. The fraction of sp³-hybridized carbons (Fsp3) is 0.0833. The molecule has 9 heteroatoms. The average Bonchev–Trinajstić information content (AvgIpc) is 2.77. The van der Waals surface area contributed by atoms with Crippen LogP contribution in [-0.2, 0) is 10.0 Å². The van der Waals surface area contributed by atoms with E-state index >= 15 is 0 Å². The molecule has 1 heterocycles. The van der Waals surface area contributed by atoms with Crippen LogP contribution in [0.1, 0.15) is 15.2 Å². The number of thiophene rings is 1. The molecular weight excluding hydrogens is 402 g/mol. The smallest absolute Gasteiger partial charge is 0.346 e. The highest BCUT2D eigenvalue weighted by atomic mass is 79.9. The standard InChI is InChI=1S/C12H9BrClNO4S2/c1-6-4-10(20-11(6)12(16)17)21(18,19)15-9-5-7(13)2-3-8(9)14/h2-5,15H,1H3,(H,16,17). The Balaban J connectivity index is 2.41. The molecule has 0 aliphatic carbocycles. The van der Waals surface area contributed by atoms with Crippen molar-refractivity contribution >= 4 is 60.5 Å². The molecule has 0 unspecified atom stereocenters. The van der Waals surface area contributed by atoms with Gasteiger partial charge in [0.2, 0.25) is 0 Å². The van der Waals surface area contributed by atoms with Gasteiger partial charge in [0.05, 0.1) is 10.7 Å². The van der Waals surface area contributed by atoms with Crippen LogP contribution in [0.5, 0.6) is 0 Å². The Morgan fingerprint density at radius 2 is 2.05 bits per heavy atom. The van der Waals surface area contributed by atoms with Gasteiger partial charge in [-0.3, -0.25) is 4.72 Å². The fourth-order valence-corrected chi connectivity index (χ4v) is 4.60. The highest BCUT2D eigenvalue weighted by Gasteiger charge is 2.22. The normalized spacial score (nSPS) is 11.4. The van der Waals surface area contributed by atoms with Crippen molar-refractivity contribution in [3.05, 3.63) is 44.2 Å². The van der Waals surface area contributed by atoms with Crippen LogP contribution in [0, 0.1) is 6.92 Å². The molecule has 2 N–H and O–H groups in total. The molecule has 0 saturated heterocycles. The van der Waals surface area contributed by atoms with Gasteiger partial charge in [-0.25, -0.2) is 13.2 Å². The number of benzene rings is 1. The molecule has 0 radical (unpaired) electrons. The minimum absolute atomic E-state index is 0.00397. The third-order valence-corrected chi connectivity index (χ3v) is 6.41. The van der Waals surface area contributed by atoms with Crippen LogP contribution < -0.4 is 4.72 Å². The summed E-state index contributed by atoms with van der Waals surface area (Å²) in [7, 11) is -3.89. The number of carboxylic acids is 1. The maximum absolute atomic E-state index is 12.3. The number of sulfonamides is 1. The van der Waals surface area contributed by atoms with E-state index in [0.29, 0.717) is 21.4 Å². The second-order valence-electron chi connectivity index (χ2n) is 4.11. The lowest BCUT2D eigenvalue weighted by atomic mass is 10.3. The largest absolute Gasteiger partial charge is 0.477 e. The van der Waals surface area contributed by atoms with E-state index < -0.39 is 16.0 Å². The number of hydrogen-bond acceptors (Lipinski definition) is 4. The van der Waals surface area contributed by atoms with Gasteiger partial charge in [-0.2, -0.15) is 0 Å². The van der Waals surface area contributed by atoms with Gasteiger partial charge >= 0.3 is 5.97 Å². The number of rotatable bonds is 4. The van der Waals surface area contributed by atoms with E-state index in [2.05, 4.69) is 20.7 Å². The minimum atomic E-state index is -3.89. The highest BCUT2D eigenvalue weighted by Crippen LogP contribution is 2.31. The van der Waals surface area contributed by atoms with E-state index in [4.69, 9.17) is 16.7 Å². The lowest BCUT2D eigenvalue weighted by Gasteiger charge is -2.08. The SMILES string of the molecule is Cc1cc(S(=O)(=O)Nc2cc(Br)ccc2Cl)sc1C(=O)O. The molecule has 0 aliphatic heterocycles. The molecule has 0 amide bonds. The van der Waals surface area contributed by atoms with E-state index in [1.165, 1.54) is 12.1 Å². The minimum Gasteiger partial charge on any atom is -0.477 e. The average molecular weight is 411 g/mol. The molecular formula is C12H9BrClNO4S2. The Labute approximate surface area is 138 Å². The second-order valence-corrected chi connectivity index (χ2v) is 8.40. The fourth-order valence-electron chi connectivity index (χ4n) is 1.57. The predicted octanol–water partition coefficient (Wildman–Crippen LogP) is 3.97. The van der Waals surface area contributed by atoms with Crippen molar-refractivity contribution in [3.63, 3.8) is 0 Å². The number of halogens is 2. The summed E-state index contributed by atoms with van der Waals surface area (Å²) in [4.78, 5) is 11.0. The number of aromatic carboxylic acids is 1. The summed E-state index contributed by atoms with van der Waals surface area (Å²) in [5.74, 6) is -1.15. The summed E-state index contributed by atoms with van der Waals surface area (Å²) >= 11 is 9.86. The molecule has 0 fully saturated rings. The van der Waals surface area contributed by atoms with Gasteiger partial charge in [0.1, 0.15) is 9.09 Å². The molecule has 0 atom stereocenters. The first-order valence-corrected chi connectivity index (χ1v) is 8.99. The molecule has 5 nitrogen and oxygen atoms in total. The van der Waals surface area contributed by atoms with Crippen LogP contribution in [-0.4, -0.2) is 19.5 Å². The first-order chi connectivity index (χ1) is 9.70. The molecule has 0 spiro atoms. The Bertz CT molecular complexity index is 817. The first kappa shape index (κ1) is 16.3. The molecule has 2 aromatic rings. The number of nitrogens with one attached hydrogen (secondary N) is 1. The van der Waals surface area contributed by atoms with Gasteiger partial charge in [-0.05, 0) is 36.8 Å². The highest BCUT2D eigenvalue weighted by molar-refractivity contribution is 9.10. The summed E-state index contributed by atoms with van der Waals surface area (Å²) in [6, 6.07) is 6.07. The number of aryl methyl sites for hydroxylation is 1. The third-order valence-electron chi connectivity index (χ3n) is 2.53. The summed E-state index contributed by atoms with van der Waals surface area (Å²) < 4.78 is 27.5. The topological polar surface area (TPSA) is 83.5 Å². The monoisotopic (exact) mass is 409 g/mol. The van der Waals surface area contributed by atoms with Crippen molar-refractivity contribution < 1.29 is 18.3 Å². The number of anilines is 1. The van der Waals surface area contributed by atoms with Gasteiger partial charge in [0.15, 0.2) is 0 Å². The van der Waals surface area contributed by atoms with E-state index in [9.17, 15) is 13.2 Å². The van der Waals surface area contributed by atoms with Crippen LogP contribution in [0.2, 0.25) is 5.02 Å². The Morgan fingerprint density at radius 3 is 2.62 bits per heavy atom. The van der Waals surface area contributed by atoms with Crippen LogP contribution in [0.4, 0.5) is 5.69 Å². The first-order valence-electron chi connectivity index (χ1n) is 5.52. The quantitative estimate of drug-likeness (QED) is 0.799. The van der Waals surface area contributed by atoms with Crippen LogP contribution in [0.3, 0.4) is 0 Å². The molecule has 0 aliphatic rings. The van der Waals surface area contributed by atoms with Crippen LogP contribution in [0.25, 0.3) is 0 Å². The van der Waals surface area contributed by atoms with Crippen molar-refractivity contribution in [2.75, 3.05) is 4.72 Å². The third kappa shape index (κ3) is 3.57. The van der Waals surface area contributed by atoms with E-state index in [0.717, 1.165) is 0 Å². The van der Waals surface area contributed by atoms with E-state index in [-0.39, 0.29) is 19.8 Å². The van der Waals surface area contributed by atoms with Gasteiger partial charge in [0, 0.05) is 4.47 Å². The molecule has 0 saturated carbocycles. The van der Waals surface area contributed by atoms with E-state index in [1.54, 1.807) is 19.1 Å². The number of hydrogen-bond donors (Lipinski definition) is 2. The maximum Gasteiger partial charge on any atom is 0.346 e. The molecule has 1 aromatic carbocycles. The summed E-state index contributed by atoms with van der Waals surface area (Å²) in [5, 5.41) is 9.23. The lowest BCUT2D eigenvalue weighted by molar-refractivity contribution is 0.0701. The van der Waals surface area contributed by atoms with Crippen molar-refractivity contribution in [2.45, 2.75) is 11.1 Å². The van der Waals surface area contributed by atoms with Gasteiger partial charge < -0.3 is 5.11 Å². The van der Waals surface area contributed by atoms with Crippen molar-refractivity contribution in [1.29, 1.82) is 0 Å². The van der Waals surface area contributed by atoms with Crippen molar-refractivity contribution in [1.82, 2.24) is 0 Å². The molecule has 2 rings (SSSR count). The molecule has 21 heavy (non-hydrogen) atoms. The molecule has 1 aromatic heterocycles. The summed E-state index contributed by atoms with van der Waals surface area (Å²) in [6.07, 6.45) is 0. The zero-order valence-corrected chi connectivity index (χ0v) is 14.5. The maximum atomic E-state index is 12.3. The number of carboxylic acid groups (broad SMARTS) is 1. The molecule has 0 bridgehead atoms. The molecule has 112 valence electrons. The second kappa shape index (κ2) is 5.96. The van der Waals surface area contributed by atoms with Gasteiger partial charge in [0.25, 0.3) is 10.0 Å². The van der Waals surface area contributed by atoms with Crippen molar-refractivity contribution in [2.24, 2.45) is 0 Å². The number of carbonyl (C=O) groups is 1. The zero-order chi connectivity index (χ0) is 15.8. The lowest BCUT2D eigenvalue weighted by Crippen LogP contribution is -2.11. The Hall–Kier alpha value is -1.09. The van der Waals surface area contributed by atoms with E-state index in [1.807, 2.05) is 0 Å². The predicted molar refractivity (Wildman–Crippen MR) is 86.0 cm³/mol. The zero-order valence-electron chi connectivity index (χ0n) is 10.6. The van der Waals surface area contributed by atoms with Crippen LogP contribution in [0.15, 0.2) is 32.9 Å². The van der Waals surface area contributed by atoms with Gasteiger partial charge in [-0.1, -0.05) is 27.5 Å².